The molecule has 0 aliphatic heterocycles. The first-order valence-electron chi connectivity index (χ1n) is 4.59. The highest BCUT2D eigenvalue weighted by Gasteiger charge is 2.10. The maximum atomic E-state index is 11.2. The number of hydrogen-bond donors (Lipinski definition) is 1. The predicted molar refractivity (Wildman–Crippen MR) is 58.1 cm³/mol. The van der Waals surface area contributed by atoms with Crippen LogP contribution in [0.2, 0.25) is 0 Å². The van der Waals surface area contributed by atoms with Gasteiger partial charge in [-0.1, -0.05) is 20.4 Å². The minimum atomic E-state index is -0.206. The summed E-state index contributed by atoms with van der Waals surface area (Å²) in [6.45, 7) is 9.45. The van der Waals surface area contributed by atoms with Crippen LogP contribution in [0.3, 0.4) is 0 Å². The molecule has 0 saturated carbocycles. The minimum absolute atomic E-state index is 0.206. The third kappa shape index (κ3) is 2.45. The first-order chi connectivity index (χ1) is 6.70. The number of aryl methyl sites for hydroxylation is 1. The Morgan fingerprint density at radius 2 is 2.21 bits per heavy atom. The highest BCUT2D eigenvalue weighted by molar-refractivity contribution is 5.91. The van der Waals surface area contributed by atoms with Gasteiger partial charge in [0, 0.05) is 25.1 Å². The fourth-order valence-electron chi connectivity index (χ4n) is 0.956. The summed E-state index contributed by atoms with van der Waals surface area (Å²) in [5.74, 6) is 0.160. The molecule has 0 radical (unpaired) electrons. The highest BCUT2D eigenvalue weighted by Crippen LogP contribution is 2.03. The predicted octanol–water partition coefficient (Wildman–Crippen LogP) is 1.68. The summed E-state index contributed by atoms with van der Waals surface area (Å²) in [7, 11) is 1.57. The van der Waals surface area contributed by atoms with Gasteiger partial charge in [0.1, 0.15) is 0 Å². The summed E-state index contributed by atoms with van der Waals surface area (Å²) in [6, 6.07) is 0. The molecule has 4 nitrogen and oxygen atoms in total. The average Bonchev–Trinajstić information content (AvgIpc) is 2.61. The van der Waals surface area contributed by atoms with Gasteiger partial charge >= 0.3 is 0 Å². The van der Waals surface area contributed by atoms with Gasteiger partial charge in [-0.15, -0.1) is 0 Å². The van der Waals surface area contributed by atoms with Gasteiger partial charge in [-0.3, -0.25) is 4.79 Å². The van der Waals surface area contributed by atoms with Crippen LogP contribution in [0, 0.1) is 6.92 Å². The van der Waals surface area contributed by atoms with Crippen molar-refractivity contribution in [2.75, 3.05) is 7.05 Å². The Hall–Kier alpha value is -1.58. The summed E-state index contributed by atoms with van der Waals surface area (Å²) in [5, 5.41) is 2.50. The van der Waals surface area contributed by atoms with Crippen molar-refractivity contribution in [1.82, 2.24) is 14.9 Å². The summed E-state index contributed by atoms with van der Waals surface area (Å²) in [4.78, 5) is 15.1. The monoisotopic (exact) mass is 195 g/mol. The molecule has 0 saturated heterocycles. The molecule has 0 aliphatic carbocycles. The second-order valence-corrected chi connectivity index (χ2v) is 2.35. The zero-order valence-electron chi connectivity index (χ0n) is 9.16. The van der Waals surface area contributed by atoms with Gasteiger partial charge in [-0.2, -0.15) is 0 Å². The lowest BCUT2D eigenvalue weighted by molar-refractivity contribution is 0.0951. The Balaban J connectivity index is 0.000000791. The molecule has 14 heavy (non-hydrogen) atoms. The van der Waals surface area contributed by atoms with Crippen LogP contribution in [0.15, 0.2) is 12.8 Å². The van der Waals surface area contributed by atoms with Crippen molar-refractivity contribution >= 4 is 12.1 Å². The maximum absolute atomic E-state index is 11.2. The van der Waals surface area contributed by atoms with Crippen LogP contribution in [-0.2, 0) is 0 Å². The largest absolute Gasteiger partial charge is 0.352 e. The summed E-state index contributed by atoms with van der Waals surface area (Å²) < 4.78 is 1.64. The number of hydrogen-bond acceptors (Lipinski definition) is 2. The van der Waals surface area contributed by atoms with E-state index in [0.717, 1.165) is 5.69 Å². The summed E-state index contributed by atoms with van der Waals surface area (Å²) in [6.07, 6.45) is 3.19. The molecule has 1 N–H and O–H groups in total. The number of carbonyl (C=O) groups is 1. The van der Waals surface area contributed by atoms with E-state index < -0.39 is 0 Å². The zero-order valence-corrected chi connectivity index (χ0v) is 9.16. The van der Waals surface area contributed by atoms with Gasteiger partial charge in [0.05, 0.1) is 0 Å². The first-order valence-corrected chi connectivity index (χ1v) is 4.59. The Bertz CT molecular complexity index is 315. The van der Waals surface area contributed by atoms with Crippen molar-refractivity contribution in [3.8, 4) is 0 Å². The lowest BCUT2D eigenvalue weighted by Crippen LogP contribution is -2.21. The molecule has 4 heteroatoms. The van der Waals surface area contributed by atoms with E-state index in [9.17, 15) is 4.79 Å². The van der Waals surface area contributed by atoms with Crippen molar-refractivity contribution in [3.05, 3.63) is 24.3 Å². The molecule has 1 aromatic heterocycles. The van der Waals surface area contributed by atoms with Gasteiger partial charge in [-0.25, -0.2) is 4.98 Å². The van der Waals surface area contributed by atoms with E-state index in [1.54, 1.807) is 24.0 Å². The highest BCUT2D eigenvalue weighted by atomic mass is 16.2. The van der Waals surface area contributed by atoms with Gasteiger partial charge in [-0.05, 0) is 6.92 Å². The molecule has 1 rings (SSSR count). The Kier molecular flexibility index (Phi) is 5.29. The molecule has 1 aromatic rings. The molecule has 1 heterocycles. The third-order valence-corrected chi connectivity index (χ3v) is 1.59. The third-order valence-electron chi connectivity index (χ3n) is 1.59. The van der Waals surface area contributed by atoms with E-state index in [-0.39, 0.29) is 5.91 Å². The molecule has 78 valence electrons. The Labute approximate surface area is 84.7 Å². The fourth-order valence-corrected chi connectivity index (χ4v) is 0.956. The lowest BCUT2D eigenvalue weighted by atomic mass is 10.5. The minimum Gasteiger partial charge on any atom is -0.352 e. The van der Waals surface area contributed by atoms with Crippen LogP contribution in [0.4, 0.5) is 0 Å². The van der Waals surface area contributed by atoms with E-state index in [1.165, 1.54) is 0 Å². The second kappa shape index (κ2) is 5.96. The summed E-state index contributed by atoms with van der Waals surface area (Å²) in [5.41, 5.74) is 0.892. The molecule has 0 spiro atoms. The van der Waals surface area contributed by atoms with Crippen molar-refractivity contribution in [3.63, 3.8) is 0 Å². The van der Waals surface area contributed by atoms with Gasteiger partial charge in [0.25, 0.3) is 5.91 Å². The van der Waals surface area contributed by atoms with E-state index in [2.05, 4.69) is 16.9 Å². The van der Waals surface area contributed by atoms with Crippen LogP contribution >= 0.6 is 0 Å². The van der Waals surface area contributed by atoms with Gasteiger partial charge < -0.3 is 9.88 Å². The van der Waals surface area contributed by atoms with Crippen molar-refractivity contribution in [2.24, 2.45) is 0 Å². The topological polar surface area (TPSA) is 46.9 Å². The van der Waals surface area contributed by atoms with E-state index in [1.807, 2.05) is 20.8 Å². The summed E-state index contributed by atoms with van der Waals surface area (Å²) >= 11 is 0. The number of imidazole rings is 1. The molecular weight excluding hydrogens is 178 g/mol. The van der Waals surface area contributed by atoms with Crippen LogP contribution in [-0.4, -0.2) is 22.5 Å². The van der Waals surface area contributed by atoms with Crippen LogP contribution < -0.4 is 5.32 Å². The fraction of sp³-hybridized carbons (Fsp3) is 0.400. The number of rotatable bonds is 2. The smallest absolute Gasteiger partial charge is 0.287 e. The van der Waals surface area contributed by atoms with Crippen LogP contribution in [0.5, 0.6) is 0 Å². The Morgan fingerprint density at radius 3 is 2.64 bits per heavy atom. The quantitative estimate of drug-likeness (QED) is 0.780. The standard InChI is InChI=1S/C8H11N3O.C2H6/c1-4-11-6(2)5-10-7(11)8(12)9-3;1-2/h4-5H,1H2,2-3H3,(H,9,12);1-2H3. The van der Waals surface area contributed by atoms with Crippen molar-refractivity contribution < 1.29 is 4.79 Å². The number of carbonyl (C=O) groups excluding carboxylic acids is 1. The first kappa shape index (κ1) is 12.4. The molecule has 0 bridgehead atoms. The van der Waals surface area contributed by atoms with Gasteiger partial charge in [0.2, 0.25) is 5.82 Å². The maximum Gasteiger partial charge on any atom is 0.287 e. The number of aromatic nitrogens is 2. The van der Waals surface area contributed by atoms with E-state index in [4.69, 9.17) is 0 Å². The average molecular weight is 195 g/mol. The number of nitrogens with zero attached hydrogens (tertiary/aromatic N) is 2. The zero-order chi connectivity index (χ0) is 11.1. The van der Waals surface area contributed by atoms with Crippen molar-refractivity contribution in [1.29, 1.82) is 0 Å². The molecule has 0 unspecified atom stereocenters. The van der Waals surface area contributed by atoms with Crippen LogP contribution in [0.25, 0.3) is 6.20 Å². The van der Waals surface area contributed by atoms with Crippen LogP contribution in [0.1, 0.15) is 30.2 Å². The Morgan fingerprint density at radius 1 is 1.64 bits per heavy atom. The molecule has 0 aliphatic rings. The SMILES string of the molecule is C=Cn1c(C)cnc1C(=O)NC.CC. The molecular formula is C10H17N3O. The van der Waals surface area contributed by atoms with Gasteiger partial charge in [0.15, 0.2) is 0 Å². The van der Waals surface area contributed by atoms with E-state index >= 15 is 0 Å². The molecule has 0 atom stereocenters. The number of amides is 1. The molecule has 1 amide bonds. The van der Waals surface area contributed by atoms with Crippen molar-refractivity contribution in [2.45, 2.75) is 20.8 Å². The second-order valence-electron chi connectivity index (χ2n) is 2.35. The normalized spacial score (nSPS) is 8.57. The van der Waals surface area contributed by atoms with E-state index in [0.29, 0.717) is 5.82 Å². The lowest BCUT2D eigenvalue weighted by Gasteiger charge is -2.01. The number of nitrogens with one attached hydrogen (secondary N) is 1. The molecule has 0 fully saturated rings. The molecule has 0 aromatic carbocycles.